The molecule has 4 heteroatoms. The van der Waals surface area contributed by atoms with E-state index in [-0.39, 0.29) is 17.3 Å². The van der Waals surface area contributed by atoms with Gasteiger partial charge in [0.2, 0.25) is 0 Å². The van der Waals surface area contributed by atoms with Crippen LogP contribution in [0, 0.1) is 11.2 Å². The van der Waals surface area contributed by atoms with Gasteiger partial charge in [-0.2, -0.15) is 0 Å². The molecule has 1 heterocycles. The van der Waals surface area contributed by atoms with Gasteiger partial charge in [0.15, 0.2) is 0 Å². The first-order valence-corrected chi connectivity index (χ1v) is 6.29. The molecule has 1 aliphatic heterocycles. The third kappa shape index (κ3) is 2.90. The van der Waals surface area contributed by atoms with Crippen LogP contribution < -0.4 is 10.6 Å². The molecule has 94 valence electrons. The van der Waals surface area contributed by atoms with Crippen LogP contribution in [0.2, 0.25) is 5.02 Å². The van der Waals surface area contributed by atoms with E-state index in [0.29, 0.717) is 10.7 Å². The predicted molar refractivity (Wildman–Crippen MR) is 70.1 cm³/mol. The van der Waals surface area contributed by atoms with Crippen molar-refractivity contribution in [3.8, 4) is 0 Å². The maximum atomic E-state index is 13.7. The number of benzene rings is 1. The van der Waals surface area contributed by atoms with Crippen LogP contribution in [0.3, 0.4) is 0 Å². The highest BCUT2D eigenvalue weighted by Crippen LogP contribution is 2.29. The van der Waals surface area contributed by atoms with Gasteiger partial charge in [-0.15, -0.1) is 0 Å². The Hall–Kier alpha value is -0.800. The van der Waals surface area contributed by atoms with Gasteiger partial charge in [0, 0.05) is 17.6 Å². The lowest BCUT2D eigenvalue weighted by molar-refractivity contribution is 0.236. The number of rotatable bonds is 2. The molecule has 1 unspecified atom stereocenters. The Morgan fingerprint density at radius 1 is 1.47 bits per heavy atom. The van der Waals surface area contributed by atoms with E-state index >= 15 is 0 Å². The highest BCUT2D eigenvalue weighted by atomic mass is 35.5. The summed E-state index contributed by atoms with van der Waals surface area (Å²) in [5.41, 5.74) is 0.652. The zero-order valence-corrected chi connectivity index (χ0v) is 10.9. The second kappa shape index (κ2) is 4.83. The monoisotopic (exact) mass is 256 g/mol. The third-order valence-electron chi connectivity index (χ3n) is 3.39. The Kier molecular flexibility index (Phi) is 3.59. The van der Waals surface area contributed by atoms with Crippen molar-refractivity contribution in [3.63, 3.8) is 0 Å². The van der Waals surface area contributed by atoms with E-state index in [0.717, 1.165) is 19.5 Å². The molecule has 17 heavy (non-hydrogen) atoms. The molecule has 2 rings (SSSR count). The fourth-order valence-corrected chi connectivity index (χ4v) is 2.39. The molecule has 0 aliphatic carbocycles. The SMILES string of the molecule is CC1(C)CNCCC1Nc1ccc(Cl)cc1F. The van der Waals surface area contributed by atoms with Crippen molar-refractivity contribution in [2.24, 2.45) is 5.41 Å². The molecular weight excluding hydrogens is 239 g/mol. The van der Waals surface area contributed by atoms with Crippen LogP contribution in [-0.2, 0) is 0 Å². The average Bonchev–Trinajstić information content (AvgIpc) is 2.24. The standard InChI is InChI=1S/C13H18ClFN2/c1-13(2)8-16-6-5-12(13)17-11-4-3-9(14)7-10(11)15/h3-4,7,12,16-17H,5-6,8H2,1-2H3. The normalized spacial score (nSPS) is 23.4. The molecule has 1 saturated heterocycles. The van der Waals surface area contributed by atoms with Crippen molar-refractivity contribution < 1.29 is 4.39 Å². The van der Waals surface area contributed by atoms with E-state index in [9.17, 15) is 4.39 Å². The first-order chi connectivity index (χ1) is 7.99. The number of hydrogen-bond donors (Lipinski definition) is 2. The van der Waals surface area contributed by atoms with Gasteiger partial charge in [0.1, 0.15) is 5.82 Å². The van der Waals surface area contributed by atoms with Crippen molar-refractivity contribution in [2.75, 3.05) is 18.4 Å². The lowest BCUT2D eigenvalue weighted by atomic mass is 9.80. The highest BCUT2D eigenvalue weighted by Gasteiger charge is 2.32. The molecule has 1 fully saturated rings. The van der Waals surface area contributed by atoms with Crippen molar-refractivity contribution in [2.45, 2.75) is 26.3 Å². The number of hydrogen-bond acceptors (Lipinski definition) is 2. The fourth-order valence-electron chi connectivity index (χ4n) is 2.23. The lowest BCUT2D eigenvalue weighted by Crippen LogP contribution is -2.49. The first kappa shape index (κ1) is 12.7. The summed E-state index contributed by atoms with van der Waals surface area (Å²) in [4.78, 5) is 0. The average molecular weight is 257 g/mol. The molecule has 2 N–H and O–H groups in total. The Morgan fingerprint density at radius 3 is 2.88 bits per heavy atom. The maximum Gasteiger partial charge on any atom is 0.147 e. The summed E-state index contributed by atoms with van der Waals surface area (Å²) in [7, 11) is 0. The Labute approximate surface area is 107 Å². The van der Waals surface area contributed by atoms with Gasteiger partial charge in [0.05, 0.1) is 5.69 Å². The van der Waals surface area contributed by atoms with Gasteiger partial charge in [-0.1, -0.05) is 25.4 Å². The van der Waals surface area contributed by atoms with Crippen LogP contribution in [0.15, 0.2) is 18.2 Å². The number of nitrogens with one attached hydrogen (secondary N) is 2. The fraction of sp³-hybridized carbons (Fsp3) is 0.538. The van der Waals surface area contributed by atoms with Gasteiger partial charge >= 0.3 is 0 Å². The Balaban J connectivity index is 2.14. The Bertz CT molecular complexity index is 406. The highest BCUT2D eigenvalue weighted by molar-refractivity contribution is 6.30. The molecule has 0 amide bonds. The van der Waals surface area contributed by atoms with Crippen LogP contribution in [-0.4, -0.2) is 19.1 Å². The van der Waals surface area contributed by atoms with Gasteiger partial charge in [-0.05, 0) is 36.6 Å². The summed E-state index contributed by atoms with van der Waals surface area (Å²) in [6, 6.07) is 5.04. The molecule has 0 bridgehead atoms. The van der Waals surface area contributed by atoms with E-state index < -0.39 is 0 Å². The number of piperidine rings is 1. The smallest absolute Gasteiger partial charge is 0.147 e. The largest absolute Gasteiger partial charge is 0.379 e. The molecule has 1 atom stereocenters. The van der Waals surface area contributed by atoms with Gasteiger partial charge < -0.3 is 10.6 Å². The van der Waals surface area contributed by atoms with Gasteiger partial charge in [-0.3, -0.25) is 0 Å². The number of anilines is 1. The minimum atomic E-state index is -0.285. The van der Waals surface area contributed by atoms with Crippen LogP contribution in [0.25, 0.3) is 0 Å². The van der Waals surface area contributed by atoms with Crippen molar-refractivity contribution in [3.05, 3.63) is 29.0 Å². The summed E-state index contributed by atoms with van der Waals surface area (Å²) in [6.45, 7) is 6.28. The van der Waals surface area contributed by atoms with Gasteiger partial charge in [-0.25, -0.2) is 4.39 Å². The minimum Gasteiger partial charge on any atom is -0.379 e. The lowest BCUT2D eigenvalue weighted by Gasteiger charge is -2.40. The zero-order valence-electron chi connectivity index (χ0n) is 10.2. The topological polar surface area (TPSA) is 24.1 Å². The quantitative estimate of drug-likeness (QED) is 0.849. The molecule has 2 nitrogen and oxygen atoms in total. The number of halogens is 2. The molecule has 0 saturated carbocycles. The van der Waals surface area contributed by atoms with E-state index in [4.69, 9.17) is 11.6 Å². The molecule has 0 aromatic heterocycles. The van der Waals surface area contributed by atoms with E-state index in [1.54, 1.807) is 12.1 Å². The second-order valence-electron chi connectivity index (χ2n) is 5.28. The van der Waals surface area contributed by atoms with Crippen LogP contribution in [0.4, 0.5) is 10.1 Å². The zero-order chi connectivity index (χ0) is 12.5. The van der Waals surface area contributed by atoms with Crippen molar-refractivity contribution >= 4 is 17.3 Å². The van der Waals surface area contributed by atoms with E-state index in [2.05, 4.69) is 24.5 Å². The summed E-state index contributed by atoms with van der Waals surface area (Å²) in [6.07, 6.45) is 0.995. The van der Waals surface area contributed by atoms with Crippen molar-refractivity contribution in [1.82, 2.24) is 5.32 Å². The molecular formula is C13H18ClFN2. The molecule has 1 aromatic rings. The van der Waals surface area contributed by atoms with Gasteiger partial charge in [0.25, 0.3) is 0 Å². The van der Waals surface area contributed by atoms with Crippen LogP contribution in [0.1, 0.15) is 20.3 Å². The summed E-state index contributed by atoms with van der Waals surface area (Å²) < 4.78 is 13.7. The molecule has 1 aliphatic rings. The minimum absolute atomic E-state index is 0.115. The van der Waals surface area contributed by atoms with E-state index in [1.807, 2.05) is 0 Å². The molecule has 0 spiro atoms. The predicted octanol–water partition coefficient (Wildman–Crippen LogP) is 3.28. The molecule has 0 radical (unpaired) electrons. The van der Waals surface area contributed by atoms with Crippen molar-refractivity contribution in [1.29, 1.82) is 0 Å². The summed E-state index contributed by atoms with van der Waals surface area (Å²) >= 11 is 5.74. The maximum absolute atomic E-state index is 13.7. The third-order valence-corrected chi connectivity index (χ3v) is 3.63. The van der Waals surface area contributed by atoms with Crippen LogP contribution >= 0.6 is 11.6 Å². The Morgan fingerprint density at radius 2 is 2.24 bits per heavy atom. The second-order valence-corrected chi connectivity index (χ2v) is 5.71. The van der Waals surface area contributed by atoms with Crippen LogP contribution in [0.5, 0.6) is 0 Å². The van der Waals surface area contributed by atoms with E-state index in [1.165, 1.54) is 6.07 Å². The summed E-state index contributed by atoms with van der Waals surface area (Å²) in [5, 5.41) is 7.08. The summed E-state index contributed by atoms with van der Waals surface area (Å²) in [5.74, 6) is -0.285. The molecule has 1 aromatic carbocycles. The first-order valence-electron chi connectivity index (χ1n) is 5.91.